The van der Waals surface area contributed by atoms with Crippen LogP contribution in [0.4, 0.5) is 0 Å². The minimum absolute atomic E-state index is 0.396. The van der Waals surface area contributed by atoms with Gasteiger partial charge in [0.05, 0.1) is 6.34 Å². The van der Waals surface area contributed by atoms with Gasteiger partial charge in [0, 0.05) is 0 Å². The van der Waals surface area contributed by atoms with Crippen molar-refractivity contribution in [2.45, 2.75) is 0 Å². The SMILES string of the molecule is NC=NP(=O)(Oc1ccccc1)Oc1ccccc1. The van der Waals surface area contributed by atoms with Crippen LogP contribution in [0.15, 0.2) is 65.4 Å². The zero-order valence-electron chi connectivity index (χ0n) is 10.0. The van der Waals surface area contributed by atoms with Crippen molar-refractivity contribution in [3.63, 3.8) is 0 Å². The number of rotatable bonds is 5. The van der Waals surface area contributed by atoms with E-state index in [0.717, 1.165) is 6.34 Å². The van der Waals surface area contributed by atoms with Crippen LogP contribution >= 0.6 is 7.75 Å². The van der Waals surface area contributed by atoms with Gasteiger partial charge in [0.2, 0.25) is 0 Å². The van der Waals surface area contributed by atoms with Gasteiger partial charge >= 0.3 is 7.75 Å². The molecule has 19 heavy (non-hydrogen) atoms. The van der Waals surface area contributed by atoms with Crippen molar-refractivity contribution in [1.82, 2.24) is 0 Å². The maximum atomic E-state index is 12.4. The number of hydrogen-bond donors (Lipinski definition) is 1. The van der Waals surface area contributed by atoms with E-state index in [0.29, 0.717) is 11.5 Å². The summed E-state index contributed by atoms with van der Waals surface area (Å²) in [6.45, 7) is 0. The molecule has 0 heterocycles. The van der Waals surface area contributed by atoms with Crippen LogP contribution in [0.2, 0.25) is 0 Å². The number of benzene rings is 2. The third-order valence-corrected chi connectivity index (χ3v) is 3.44. The quantitative estimate of drug-likeness (QED) is 0.517. The Morgan fingerprint density at radius 3 is 1.68 bits per heavy atom. The Hall–Kier alpha value is -2.26. The van der Waals surface area contributed by atoms with Gasteiger partial charge in [-0.15, -0.1) is 4.76 Å². The average molecular weight is 276 g/mol. The second-order valence-electron chi connectivity index (χ2n) is 3.54. The van der Waals surface area contributed by atoms with E-state index in [1.807, 2.05) is 12.1 Å². The molecular formula is C13H13N2O3P. The number of nitrogens with zero attached hydrogens (tertiary/aromatic N) is 1. The van der Waals surface area contributed by atoms with E-state index in [-0.39, 0.29) is 0 Å². The molecule has 0 radical (unpaired) electrons. The van der Waals surface area contributed by atoms with E-state index in [4.69, 9.17) is 14.8 Å². The summed E-state index contributed by atoms with van der Waals surface area (Å²) >= 11 is 0. The van der Waals surface area contributed by atoms with Gasteiger partial charge in [-0.3, -0.25) is 0 Å². The lowest BCUT2D eigenvalue weighted by Crippen LogP contribution is -2.01. The molecule has 0 saturated heterocycles. The van der Waals surface area contributed by atoms with Crippen molar-refractivity contribution in [3.8, 4) is 11.5 Å². The van der Waals surface area contributed by atoms with Crippen molar-refractivity contribution in [2.75, 3.05) is 0 Å². The molecule has 0 aliphatic rings. The second kappa shape index (κ2) is 6.07. The van der Waals surface area contributed by atoms with Crippen molar-refractivity contribution < 1.29 is 13.6 Å². The van der Waals surface area contributed by atoms with E-state index in [2.05, 4.69) is 4.76 Å². The highest BCUT2D eigenvalue weighted by molar-refractivity contribution is 7.53. The normalized spacial score (nSPS) is 11.4. The summed E-state index contributed by atoms with van der Waals surface area (Å²) in [7, 11) is -3.72. The summed E-state index contributed by atoms with van der Waals surface area (Å²) in [5.74, 6) is 0.791. The lowest BCUT2D eigenvalue weighted by atomic mass is 10.3. The predicted octanol–water partition coefficient (Wildman–Crippen LogP) is 3.24. The number of hydrogen-bond acceptors (Lipinski definition) is 3. The Morgan fingerprint density at radius 2 is 1.32 bits per heavy atom. The van der Waals surface area contributed by atoms with Gasteiger partial charge in [0.1, 0.15) is 11.5 Å². The fourth-order valence-corrected chi connectivity index (χ4v) is 2.45. The Kier molecular flexibility index (Phi) is 4.21. The van der Waals surface area contributed by atoms with Crippen molar-refractivity contribution >= 4 is 14.1 Å². The fraction of sp³-hybridized carbons (Fsp3) is 0. The minimum Gasteiger partial charge on any atom is -0.399 e. The highest BCUT2D eigenvalue weighted by Gasteiger charge is 2.27. The van der Waals surface area contributed by atoms with Gasteiger partial charge in [0.25, 0.3) is 0 Å². The van der Waals surface area contributed by atoms with Gasteiger partial charge in [-0.2, -0.15) is 0 Å². The molecule has 0 amide bonds. The van der Waals surface area contributed by atoms with Crippen LogP contribution in [-0.2, 0) is 4.57 Å². The summed E-state index contributed by atoms with van der Waals surface area (Å²) in [4.78, 5) is 0. The zero-order chi connectivity index (χ0) is 13.6. The summed E-state index contributed by atoms with van der Waals surface area (Å²) in [5.41, 5.74) is 5.20. The zero-order valence-corrected chi connectivity index (χ0v) is 10.9. The second-order valence-corrected chi connectivity index (χ2v) is 5.07. The van der Waals surface area contributed by atoms with Gasteiger partial charge in [-0.1, -0.05) is 36.4 Å². The third-order valence-electron chi connectivity index (χ3n) is 2.14. The maximum Gasteiger partial charge on any atom is 0.564 e. The molecule has 0 atom stereocenters. The third kappa shape index (κ3) is 3.86. The van der Waals surface area contributed by atoms with Gasteiger partial charge in [-0.25, -0.2) is 4.57 Å². The maximum absolute atomic E-state index is 12.4. The first-order valence-corrected chi connectivity index (χ1v) is 7.06. The van der Waals surface area contributed by atoms with Gasteiger partial charge in [-0.05, 0) is 24.3 Å². The number of para-hydroxylation sites is 2. The Bertz CT molecular complexity index is 542. The monoisotopic (exact) mass is 276 g/mol. The molecule has 0 fully saturated rings. The molecule has 98 valence electrons. The number of nitrogens with two attached hydrogens (primary N) is 1. The smallest absolute Gasteiger partial charge is 0.399 e. The standard InChI is InChI=1S/C13H13N2O3P/c14-11-15-19(16,17-12-7-3-1-4-8-12)18-13-9-5-2-6-10-13/h1-11H,(H2,14,15,16). The molecule has 0 saturated carbocycles. The first kappa shape index (κ1) is 13.2. The molecule has 0 unspecified atom stereocenters. The largest absolute Gasteiger partial charge is 0.564 e. The van der Waals surface area contributed by atoms with Crippen molar-refractivity contribution in [3.05, 3.63) is 60.7 Å². The van der Waals surface area contributed by atoms with Crippen LogP contribution in [0.5, 0.6) is 11.5 Å². The molecule has 0 spiro atoms. The lowest BCUT2D eigenvalue weighted by Gasteiger charge is -2.15. The van der Waals surface area contributed by atoms with Crippen molar-refractivity contribution in [2.24, 2.45) is 10.5 Å². The molecule has 2 aromatic rings. The summed E-state index contributed by atoms with van der Waals surface area (Å²) in [6.07, 6.45) is 0.909. The van der Waals surface area contributed by atoms with Gasteiger partial charge < -0.3 is 14.8 Å². The summed E-state index contributed by atoms with van der Waals surface area (Å²) < 4.78 is 26.6. The van der Waals surface area contributed by atoms with Crippen LogP contribution < -0.4 is 14.8 Å². The topological polar surface area (TPSA) is 73.9 Å². The molecule has 2 rings (SSSR count). The molecule has 0 aliphatic carbocycles. The molecule has 2 aromatic carbocycles. The van der Waals surface area contributed by atoms with Crippen LogP contribution in [0, 0.1) is 0 Å². The molecule has 0 bridgehead atoms. The molecule has 2 N–H and O–H groups in total. The predicted molar refractivity (Wildman–Crippen MR) is 74.4 cm³/mol. The van der Waals surface area contributed by atoms with Crippen LogP contribution in [-0.4, -0.2) is 6.34 Å². The first-order chi connectivity index (χ1) is 9.22. The van der Waals surface area contributed by atoms with Crippen molar-refractivity contribution in [1.29, 1.82) is 0 Å². The Labute approximate surface area is 111 Å². The van der Waals surface area contributed by atoms with Crippen LogP contribution in [0.1, 0.15) is 0 Å². The Balaban J connectivity index is 2.21. The lowest BCUT2D eigenvalue weighted by molar-refractivity contribution is 0.388. The minimum atomic E-state index is -3.72. The first-order valence-electron chi connectivity index (χ1n) is 5.57. The highest BCUT2D eigenvalue weighted by atomic mass is 31.2. The Morgan fingerprint density at radius 1 is 0.895 bits per heavy atom. The molecule has 5 nitrogen and oxygen atoms in total. The van der Waals surface area contributed by atoms with Gasteiger partial charge in [0.15, 0.2) is 0 Å². The molecule has 0 aromatic heterocycles. The van der Waals surface area contributed by atoms with Crippen LogP contribution in [0.25, 0.3) is 0 Å². The molecular weight excluding hydrogens is 263 g/mol. The average Bonchev–Trinajstić information content (AvgIpc) is 2.41. The molecule has 6 heteroatoms. The van der Waals surface area contributed by atoms with E-state index >= 15 is 0 Å². The highest BCUT2D eigenvalue weighted by Crippen LogP contribution is 2.49. The van der Waals surface area contributed by atoms with E-state index in [1.165, 1.54) is 0 Å². The summed E-state index contributed by atoms with van der Waals surface area (Å²) in [6, 6.07) is 17.3. The summed E-state index contributed by atoms with van der Waals surface area (Å²) in [5, 5.41) is 0. The molecule has 0 aliphatic heterocycles. The van der Waals surface area contributed by atoms with E-state index in [9.17, 15) is 4.57 Å². The van der Waals surface area contributed by atoms with E-state index in [1.54, 1.807) is 48.5 Å². The fourth-order valence-electron chi connectivity index (χ4n) is 1.38. The van der Waals surface area contributed by atoms with E-state index < -0.39 is 7.75 Å². The van der Waals surface area contributed by atoms with Crippen LogP contribution in [0.3, 0.4) is 0 Å².